The summed E-state index contributed by atoms with van der Waals surface area (Å²) in [4.78, 5) is 18.5. The highest BCUT2D eigenvalue weighted by Crippen LogP contribution is 2.45. The van der Waals surface area contributed by atoms with E-state index in [0.717, 1.165) is 25.9 Å². The Bertz CT molecular complexity index is 928. The first-order valence-corrected chi connectivity index (χ1v) is 11.1. The van der Waals surface area contributed by atoms with E-state index >= 15 is 0 Å². The molecule has 3 atom stereocenters. The number of likely N-dealkylation sites (N-methyl/N-ethyl adjacent to an activating group) is 1. The van der Waals surface area contributed by atoms with Gasteiger partial charge >= 0.3 is 0 Å². The zero-order valence-electron chi connectivity index (χ0n) is 19.1. The number of rotatable bonds is 2. The van der Waals surface area contributed by atoms with E-state index in [0.29, 0.717) is 17.9 Å². The van der Waals surface area contributed by atoms with E-state index in [1.807, 2.05) is 20.8 Å². The summed E-state index contributed by atoms with van der Waals surface area (Å²) >= 11 is 0. The minimum atomic E-state index is -0.332. The standard InChI is InChI=1S/C25H37N3O/c1-24(2,3)17-10-19-18-8-15(12-27-23(29)25(4,5)6)14-28(7)21(18)9-16-13-26-20(11-17)22(16)19/h10-11,13,15,18,21,26H,8-9,12,14H2,1-7H3,(H,27,29)/t15-,18+,21+/m0/s1. The molecule has 4 nitrogen and oxygen atoms in total. The highest BCUT2D eigenvalue weighted by atomic mass is 16.2. The van der Waals surface area contributed by atoms with Crippen molar-refractivity contribution in [1.82, 2.24) is 15.2 Å². The Labute approximate surface area is 175 Å². The number of hydrogen-bond acceptors (Lipinski definition) is 2. The predicted molar refractivity (Wildman–Crippen MR) is 120 cm³/mol. The third-order valence-corrected chi connectivity index (χ3v) is 6.98. The fourth-order valence-electron chi connectivity index (χ4n) is 5.21. The predicted octanol–water partition coefficient (Wildman–Crippen LogP) is 4.59. The average Bonchev–Trinajstić information content (AvgIpc) is 3.03. The number of H-pyrrole nitrogens is 1. The summed E-state index contributed by atoms with van der Waals surface area (Å²) in [5.74, 6) is 1.16. The lowest BCUT2D eigenvalue weighted by atomic mass is 9.71. The first kappa shape index (κ1) is 20.5. The summed E-state index contributed by atoms with van der Waals surface area (Å²) in [7, 11) is 2.26. The number of fused-ring (bicyclic) bond motifs is 2. The monoisotopic (exact) mass is 395 g/mol. The molecule has 1 aliphatic carbocycles. The molecule has 2 aliphatic rings. The van der Waals surface area contributed by atoms with Crippen LogP contribution in [0.1, 0.15) is 70.6 Å². The molecule has 2 N–H and O–H groups in total. The molecule has 2 heterocycles. The molecule has 0 radical (unpaired) electrons. The van der Waals surface area contributed by atoms with Crippen LogP contribution in [-0.2, 0) is 16.6 Å². The molecule has 0 spiro atoms. The number of carbonyl (C=O) groups excluding carboxylic acids is 1. The van der Waals surface area contributed by atoms with Crippen molar-refractivity contribution in [3.63, 3.8) is 0 Å². The summed E-state index contributed by atoms with van der Waals surface area (Å²) in [5.41, 5.74) is 5.46. The SMILES string of the molecule is CN1C[C@H](CNC(=O)C(C)(C)C)C[C@@H]2c3cc(C(C)(C)C)cc4[nH]cc(c34)C[C@H]21. The van der Waals surface area contributed by atoms with E-state index in [2.05, 4.69) is 61.3 Å². The van der Waals surface area contributed by atoms with Crippen molar-refractivity contribution in [3.05, 3.63) is 35.0 Å². The molecule has 29 heavy (non-hydrogen) atoms. The molecule has 1 saturated heterocycles. The van der Waals surface area contributed by atoms with Gasteiger partial charge in [-0.15, -0.1) is 0 Å². The lowest BCUT2D eigenvalue weighted by Crippen LogP contribution is -2.50. The van der Waals surface area contributed by atoms with Crippen LogP contribution in [0.2, 0.25) is 0 Å². The number of nitrogens with zero attached hydrogens (tertiary/aromatic N) is 1. The van der Waals surface area contributed by atoms with Crippen LogP contribution in [-0.4, -0.2) is 42.0 Å². The van der Waals surface area contributed by atoms with Gasteiger partial charge in [-0.1, -0.05) is 47.6 Å². The Morgan fingerprint density at radius 1 is 1.21 bits per heavy atom. The minimum Gasteiger partial charge on any atom is -0.361 e. The van der Waals surface area contributed by atoms with Gasteiger partial charge in [0.15, 0.2) is 0 Å². The Balaban J connectivity index is 1.65. The van der Waals surface area contributed by atoms with E-state index in [1.165, 1.54) is 27.6 Å². The molecular formula is C25H37N3O. The lowest BCUT2D eigenvalue weighted by Gasteiger charge is -2.46. The molecule has 1 aromatic heterocycles. The topological polar surface area (TPSA) is 48.1 Å². The van der Waals surface area contributed by atoms with Crippen molar-refractivity contribution in [2.45, 2.75) is 71.8 Å². The van der Waals surface area contributed by atoms with E-state index in [1.54, 1.807) is 0 Å². The third-order valence-electron chi connectivity index (χ3n) is 6.98. The van der Waals surface area contributed by atoms with Crippen LogP contribution in [0.5, 0.6) is 0 Å². The molecule has 4 rings (SSSR count). The van der Waals surface area contributed by atoms with Crippen molar-refractivity contribution in [1.29, 1.82) is 0 Å². The highest BCUT2D eigenvalue weighted by Gasteiger charge is 2.40. The van der Waals surface area contributed by atoms with Gasteiger partial charge in [0, 0.05) is 47.6 Å². The Hall–Kier alpha value is -1.81. The number of aromatic nitrogens is 1. The second-order valence-corrected chi connectivity index (χ2v) is 11.4. The van der Waals surface area contributed by atoms with Crippen molar-refractivity contribution >= 4 is 16.8 Å². The smallest absolute Gasteiger partial charge is 0.225 e. The minimum absolute atomic E-state index is 0.129. The van der Waals surface area contributed by atoms with Gasteiger partial charge in [0.1, 0.15) is 0 Å². The van der Waals surface area contributed by atoms with Gasteiger partial charge < -0.3 is 15.2 Å². The molecule has 4 heteroatoms. The van der Waals surface area contributed by atoms with Crippen LogP contribution in [0.25, 0.3) is 10.9 Å². The normalized spacial score (nSPS) is 25.1. The molecule has 0 bridgehead atoms. The number of piperidine rings is 1. The second kappa shape index (κ2) is 6.87. The number of benzene rings is 1. The highest BCUT2D eigenvalue weighted by molar-refractivity contribution is 5.89. The fourth-order valence-corrected chi connectivity index (χ4v) is 5.21. The Morgan fingerprint density at radius 3 is 2.59 bits per heavy atom. The molecule has 158 valence electrons. The molecule has 1 fully saturated rings. The first-order valence-electron chi connectivity index (χ1n) is 11.1. The zero-order valence-corrected chi connectivity index (χ0v) is 19.1. The molecular weight excluding hydrogens is 358 g/mol. The summed E-state index contributed by atoms with van der Waals surface area (Å²) < 4.78 is 0. The maximum absolute atomic E-state index is 12.4. The number of likely N-dealkylation sites (tertiary alicyclic amines) is 1. The van der Waals surface area contributed by atoms with Crippen LogP contribution in [0.15, 0.2) is 18.3 Å². The van der Waals surface area contributed by atoms with Gasteiger partial charge in [0.25, 0.3) is 0 Å². The maximum atomic E-state index is 12.4. The maximum Gasteiger partial charge on any atom is 0.225 e. The van der Waals surface area contributed by atoms with Crippen molar-refractivity contribution in [2.75, 3.05) is 20.1 Å². The van der Waals surface area contributed by atoms with Gasteiger partial charge in [0.05, 0.1) is 0 Å². The second-order valence-electron chi connectivity index (χ2n) is 11.4. The van der Waals surface area contributed by atoms with Gasteiger partial charge in [-0.05, 0) is 54.0 Å². The molecule has 2 aromatic rings. The average molecular weight is 396 g/mol. The molecule has 0 saturated carbocycles. The Kier molecular flexibility index (Phi) is 4.85. The summed E-state index contributed by atoms with van der Waals surface area (Å²) in [6, 6.07) is 5.36. The molecule has 1 aromatic carbocycles. The quantitative estimate of drug-likeness (QED) is 0.781. The summed E-state index contributed by atoms with van der Waals surface area (Å²) in [6.07, 6.45) is 4.48. The van der Waals surface area contributed by atoms with Crippen LogP contribution in [0, 0.1) is 11.3 Å². The molecule has 1 aliphatic heterocycles. The zero-order chi connectivity index (χ0) is 21.1. The van der Waals surface area contributed by atoms with Crippen molar-refractivity contribution in [3.8, 4) is 0 Å². The fraction of sp³-hybridized carbons (Fsp3) is 0.640. The summed E-state index contributed by atoms with van der Waals surface area (Å²) in [6.45, 7) is 14.6. The van der Waals surface area contributed by atoms with Crippen molar-refractivity contribution in [2.24, 2.45) is 11.3 Å². The van der Waals surface area contributed by atoms with Crippen molar-refractivity contribution < 1.29 is 4.79 Å². The third kappa shape index (κ3) is 3.72. The number of carbonyl (C=O) groups is 1. The van der Waals surface area contributed by atoms with E-state index < -0.39 is 0 Å². The molecule has 0 unspecified atom stereocenters. The summed E-state index contributed by atoms with van der Waals surface area (Å²) in [5, 5.41) is 4.66. The van der Waals surface area contributed by atoms with Crippen LogP contribution in [0.3, 0.4) is 0 Å². The van der Waals surface area contributed by atoms with Crippen LogP contribution < -0.4 is 5.32 Å². The number of amides is 1. The number of hydrogen-bond donors (Lipinski definition) is 2. The van der Waals surface area contributed by atoms with E-state index in [-0.39, 0.29) is 16.7 Å². The van der Waals surface area contributed by atoms with Crippen LogP contribution in [0.4, 0.5) is 0 Å². The number of aromatic amines is 1. The Morgan fingerprint density at radius 2 is 1.93 bits per heavy atom. The van der Waals surface area contributed by atoms with E-state index in [9.17, 15) is 4.79 Å². The molecule has 1 amide bonds. The van der Waals surface area contributed by atoms with Gasteiger partial charge in [-0.2, -0.15) is 0 Å². The number of nitrogens with one attached hydrogen (secondary N) is 2. The van der Waals surface area contributed by atoms with E-state index in [4.69, 9.17) is 0 Å². The van der Waals surface area contributed by atoms with Gasteiger partial charge in [-0.3, -0.25) is 4.79 Å². The first-order chi connectivity index (χ1) is 13.4. The largest absolute Gasteiger partial charge is 0.361 e. The van der Waals surface area contributed by atoms with Gasteiger partial charge in [-0.25, -0.2) is 0 Å². The van der Waals surface area contributed by atoms with Crippen LogP contribution >= 0.6 is 0 Å². The lowest BCUT2D eigenvalue weighted by molar-refractivity contribution is -0.128. The van der Waals surface area contributed by atoms with Gasteiger partial charge in [0.2, 0.25) is 5.91 Å².